The molecule has 1 unspecified atom stereocenters. The molecule has 1 heterocycles. The van der Waals surface area contributed by atoms with Crippen LogP contribution in [0.2, 0.25) is 5.02 Å². The van der Waals surface area contributed by atoms with Gasteiger partial charge in [0, 0.05) is 16.4 Å². The summed E-state index contributed by atoms with van der Waals surface area (Å²) in [7, 11) is 0. The number of benzene rings is 3. The molecular weight excluding hydrogens is 530 g/mol. The number of aryl methyl sites for hydroxylation is 2. The Labute approximate surface area is 237 Å². The molecule has 0 saturated carbocycles. The molecule has 1 aliphatic heterocycles. The van der Waals surface area contributed by atoms with Crippen LogP contribution in [-0.4, -0.2) is 17.6 Å². The normalized spacial score (nSPS) is 14.9. The Morgan fingerprint density at radius 1 is 1.03 bits per heavy atom. The lowest BCUT2D eigenvalue weighted by Crippen LogP contribution is -2.29. The van der Waals surface area contributed by atoms with Crippen LogP contribution in [0.5, 0.6) is 0 Å². The van der Waals surface area contributed by atoms with E-state index in [9.17, 15) is 14.9 Å². The van der Waals surface area contributed by atoms with E-state index < -0.39 is 11.9 Å². The van der Waals surface area contributed by atoms with Gasteiger partial charge >= 0.3 is 5.97 Å². The van der Waals surface area contributed by atoms with E-state index in [0.29, 0.717) is 32.6 Å². The van der Waals surface area contributed by atoms with Crippen molar-refractivity contribution >= 4 is 40.9 Å². The summed E-state index contributed by atoms with van der Waals surface area (Å²) in [5.41, 5.74) is 5.76. The highest BCUT2D eigenvalue weighted by Crippen LogP contribution is 2.41. The summed E-state index contributed by atoms with van der Waals surface area (Å²) in [5.74, 6) is -1.32. The van der Waals surface area contributed by atoms with Crippen LogP contribution < -0.4 is 10.6 Å². The molecule has 0 radical (unpaired) electrons. The van der Waals surface area contributed by atoms with E-state index in [1.165, 1.54) is 11.8 Å². The standard InChI is InChI=1S/C31H28ClN3O3S/c1-19-9-14-25(15-20(19)2)35-27(36)18-39-30-26(16-33)29(23-10-12-24(32)13-11-23)28(21(3)34-30)31(37)38-17-22-7-5-4-6-8-22/h4-15,29,34H,17-18H2,1-3H3,(H,35,36). The second-order valence-electron chi connectivity index (χ2n) is 9.20. The number of esters is 1. The van der Waals surface area contributed by atoms with Crippen LogP contribution in [-0.2, 0) is 20.9 Å². The fraction of sp³-hybridized carbons (Fsp3) is 0.194. The summed E-state index contributed by atoms with van der Waals surface area (Å²) >= 11 is 7.34. The first-order chi connectivity index (χ1) is 18.8. The van der Waals surface area contributed by atoms with Crippen LogP contribution in [0.3, 0.4) is 0 Å². The molecule has 6 nitrogen and oxygen atoms in total. The zero-order valence-corrected chi connectivity index (χ0v) is 23.5. The average Bonchev–Trinajstić information content (AvgIpc) is 2.93. The maximum Gasteiger partial charge on any atom is 0.337 e. The molecule has 0 saturated heterocycles. The molecule has 8 heteroatoms. The number of thioether (sulfide) groups is 1. The average molecular weight is 558 g/mol. The Hall–Kier alpha value is -3.99. The molecule has 3 aromatic rings. The third-order valence-corrected chi connectivity index (χ3v) is 7.69. The number of hydrogen-bond donors (Lipinski definition) is 2. The third kappa shape index (κ3) is 6.91. The topological polar surface area (TPSA) is 91.2 Å². The maximum absolute atomic E-state index is 13.4. The van der Waals surface area contributed by atoms with Gasteiger partial charge in [0.1, 0.15) is 6.61 Å². The molecule has 1 amide bonds. The molecule has 1 atom stereocenters. The van der Waals surface area contributed by atoms with E-state index in [1.807, 2.05) is 62.4 Å². The number of anilines is 1. The molecule has 2 N–H and O–H groups in total. The minimum absolute atomic E-state index is 0.0782. The van der Waals surface area contributed by atoms with Crippen molar-refractivity contribution in [1.29, 1.82) is 5.26 Å². The van der Waals surface area contributed by atoms with Crippen molar-refractivity contribution in [2.75, 3.05) is 11.1 Å². The van der Waals surface area contributed by atoms with Gasteiger partial charge in [0.15, 0.2) is 0 Å². The highest BCUT2D eigenvalue weighted by atomic mass is 35.5. The largest absolute Gasteiger partial charge is 0.457 e. The predicted octanol–water partition coefficient (Wildman–Crippen LogP) is 6.77. The predicted molar refractivity (Wildman–Crippen MR) is 156 cm³/mol. The second-order valence-corrected chi connectivity index (χ2v) is 10.6. The van der Waals surface area contributed by atoms with Gasteiger partial charge in [0.25, 0.3) is 0 Å². The molecule has 0 spiro atoms. The van der Waals surface area contributed by atoms with Crippen LogP contribution in [0, 0.1) is 25.2 Å². The Balaban J connectivity index is 1.58. The number of halogens is 1. The summed E-state index contributed by atoms with van der Waals surface area (Å²) in [6.45, 7) is 5.88. The second kappa shape index (κ2) is 12.7. The smallest absolute Gasteiger partial charge is 0.337 e. The molecule has 0 fully saturated rings. The van der Waals surface area contributed by atoms with Gasteiger partial charge in [-0.05, 0) is 67.3 Å². The fourth-order valence-corrected chi connectivity index (χ4v) is 5.26. The van der Waals surface area contributed by atoms with Crippen LogP contribution >= 0.6 is 23.4 Å². The zero-order valence-electron chi connectivity index (χ0n) is 21.9. The number of ether oxygens (including phenoxy) is 1. The molecule has 1 aliphatic rings. The number of rotatable bonds is 8. The first-order valence-corrected chi connectivity index (χ1v) is 13.7. The summed E-state index contributed by atoms with van der Waals surface area (Å²) < 4.78 is 5.66. The highest BCUT2D eigenvalue weighted by Gasteiger charge is 2.35. The SMILES string of the molecule is CC1=C(C(=O)OCc2ccccc2)C(c2ccc(Cl)cc2)C(C#N)=C(SCC(=O)Nc2ccc(C)c(C)c2)N1. The highest BCUT2D eigenvalue weighted by molar-refractivity contribution is 8.03. The summed E-state index contributed by atoms with van der Waals surface area (Å²) in [5, 5.41) is 17.4. The lowest BCUT2D eigenvalue weighted by Gasteiger charge is -2.29. The monoisotopic (exact) mass is 557 g/mol. The van der Waals surface area contributed by atoms with Crippen molar-refractivity contribution in [3.63, 3.8) is 0 Å². The maximum atomic E-state index is 13.4. The Morgan fingerprint density at radius 2 is 1.74 bits per heavy atom. The third-order valence-electron chi connectivity index (χ3n) is 6.42. The van der Waals surface area contributed by atoms with E-state index in [-0.39, 0.29) is 18.3 Å². The Morgan fingerprint density at radius 3 is 2.41 bits per heavy atom. The van der Waals surface area contributed by atoms with E-state index in [1.54, 1.807) is 31.2 Å². The van der Waals surface area contributed by atoms with Crippen molar-refractivity contribution in [2.24, 2.45) is 0 Å². The van der Waals surface area contributed by atoms with Crippen molar-refractivity contribution in [2.45, 2.75) is 33.3 Å². The number of carbonyl (C=O) groups excluding carboxylic acids is 2. The lowest BCUT2D eigenvalue weighted by molar-refractivity contribution is -0.140. The summed E-state index contributed by atoms with van der Waals surface area (Å²) in [4.78, 5) is 26.1. The Kier molecular flexibility index (Phi) is 9.13. The van der Waals surface area contributed by atoms with Gasteiger partial charge in [-0.2, -0.15) is 5.26 Å². The van der Waals surface area contributed by atoms with Crippen molar-refractivity contribution in [3.05, 3.63) is 122 Å². The molecule has 0 bridgehead atoms. The van der Waals surface area contributed by atoms with E-state index in [4.69, 9.17) is 16.3 Å². The van der Waals surface area contributed by atoms with Crippen LogP contribution in [0.15, 0.2) is 94.7 Å². The van der Waals surface area contributed by atoms with Gasteiger partial charge in [-0.25, -0.2) is 4.79 Å². The van der Waals surface area contributed by atoms with Gasteiger partial charge in [0.2, 0.25) is 5.91 Å². The molecular formula is C31H28ClN3O3S. The van der Waals surface area contributed by atoms with Crippen LogP contribution in [0.4, 0.5) is 5.69 Å². The summed E-state index contributed by atoms with van der Waals surface area (Å²) in [6, 6.07) is 24.5. The number of dihydropyridines is 1. The number of nitriles is 1. The lowest BCUT2D eigenvalue weighted by atomic mass is 9.82. The minimum Gasteiger partial charge on any atom is -0.457 e. The Bertz CT molecular complexity index is 1490. The van der Waals surface area contributed by atoms with Crippen molar-refractivity contribution < 1.29 is 14.3 Å². The first-order valence-electron chi connectivity index (χ1n) is 12.3. The van der Waals surface area contributed by atoms with E-state index in [2.05, 4.69) is 16.7 Å². The summed E-state index contributed by atoms with van der Waals surface area (Å²) in [6.07, 6.45) is 0. The number of hydrogen-bond acceptors (Lipinski definition) is 6. The molecule has 0 aromatic heterocycles. The zero-order chi connectivity index (χ0) is 27.9. The quantitative estimate of drug-likeness (QED) is 0.297. The molecule has 39 heavy (non-hydrogen) atoms. The van der Waals surface area contributed by atoms with E-state index in [0.717, 1.165) is 22.3 Å². The van der Waals surface area contributed by atoms with E-state index >= 15 is 0 Å². The number of carbonyl (C=O) groups is 2. The van der Waals surface area contributed by atoms with Gasteiger partial charge in [-0.15, -0.1) is 0 Å². The van der Waals surface area contributed by atoms with Gasteiger partial charge in [-0.3, -0.25) is 4.79 Å². The first kappa shape index (κ1) is 28.0. The van der Waals surface area contributed by atoms with Crippen molar-refractivity contribution in [1.82, 2.24) is 5.32 Å². The van der Waals surface area contributed by atoms with Gasteiger partial charge in [0.05, 0.1) is 33.9 Å². The fourth-order valence-electron chi connectivity index (χ4n) is 4.24. The molecule has 3 aromatic carbocycles. The van der Waals surface area contributed by atoms with Crippen molar-refractivity contribution in [3.8, 4) is 6.07 Å². The molecule has 198 valence electrons. The molecule has 4 rings (SSSR count). The molecule has 0 aliphatic carbocycles. The minimum atomic E-state index is -0.679. The van der Waals surface area contributed by atoms with Gasteiger partial charge in [-0.1, -0.05) is 71.9 Å². The van der Waals surface area contributed by atoms with Crippen LogP contribution in [0.1, 0.15) is 35.1 Å². The number of allylic oxidation sites excluding steroid dienone is 2. The van der Waals surface area contributed by atoms with Gasteiger partial charge < -0.3 is 15.4 Å². The number of nitrogens with one attached hydrogen (secondary N) is 2. The number of amides is 1. The van der Waals surface area contributed by atoms with Crippen LogP contribution in [0.25, 0.3) is 0 Å². The number of nitrogens with zero attached hydrogens (tertiary/aromatic N) is 1.